The number of hydrogen-bond donors (Lipinski definition) is 1. The molecule has 0 amide bonds. The van der Waals surface area contributed by atoms with Crippen LogP contribution in [0.1, 0.15) is 22.3 Å². The summed E-state index contributed by atoms with van der Waals surface area (Å²) < 4.78 is 24.4. The van der Waals surface area contributed by atoms with Crippen LogP contribution in [0.4, 0.5) is 8.78 Å². The first-order chi connectivity index (χ1) is 6.45. The zero-order valence-electron chi connectivity index (χ0n) is 6.48. The average Bonchev–Trinajstić information content (AvgIpc) is 2.02. The zero-order chi connectivity index (χ0) is 10.9. The maximum absolute atomic E-state index is 12.3. The van der Waals surface area contributed by atoms with E-state index in [1.165, 1.54) is 0 Å². The van der Waals surface area contributed by atoms with Crippen molar-refractivity contribution in [3.05, 3.63) is 32.2 Å². The largest absolute Gasteiger partial charge is 0.328 e. The molecule has 76 valence electrons. The molecule has 0 radical (unpaired) electrons. The number of aromatic amines is 1. The highest BCUT2D eigenvalue weighted by Crippen LogP contribution is 2.27. The fraction of sp³-hybridized carbons (Fsp3) is 0.143. The van der Waals surface area contributed by atoms with Crippen LogP contribution < -0.4 is 5.56 Å². The van der Waals surface area contributed by atoms with E-state index in [-0.39, 0.29) is 10.0 Å². The normalized spacial score (nSPS) is 10.6. The molecular weight excluding hydrogens is 283 g/mol. The van der Waals surface area contributed by atoms with Crippen molar-refractivity contribution in [1.82, 2.24) is 4.98 Å². The highest BCUT2D eigenvalue weighted by atomic mass is 79.9. The minimum Gasteiger partial charge on any atom is -0.328 e. The molecule has 0 aliphatic carbocycles. The summed E-state index contributed by atoms with van der Waals surface area (Å²) in [4.78, 5) is 23.7. The van der Waals surface area contributed by atoms with E-state index >= 15 is 0 Å². The molecule has 1 N–H and O–H groups in total. The van der Waals surface area contributed by atoms with E-state index in [0.29, 0.717) is 0 Å². The minimum atomic E-state index is -2.97. The summed E-state index contributed by atoms with van der Waals surface area (Å²) in [5, 5.41) is -0.921. The molecule has 1 rings (SSSR count). The predicted octanol–water partition coefficient (Wildman–Crippen LogP) is 2.45. The van der Waals surface area contributed by atoms with Gasteiger partial charge in [-0.2, -0.15) is 0 Å². The third kappa shape index (κ3) is 2.01. The molecule has 1 heterocycles. The van der Waals surface area contributed by atoms with E-state index in [4.69, 9.17) is 11.6 Å². The van der Waals surface area contributed by atoms with Crippen molar-refractivity contribution in [2.24, 2.45) is 0 Å². The van der Waals surface area contributed by atoms with Gasteiger partial charge in [0.05, 0.1) is 11.1 Å². The van der Waals surface area contributed by atoms with Crippen molar-refractivity contribution >= 4 is 32.8 Å². The van der Waals surface area contributed by atoms with Crippen LogP contribution in [0.3, 0.4) is 0 Å². The van der Waals surface area contributed by atoms with E-state index in [2.05, 4.69) is 15.9 Å². The summed E-state index contributed by atoms with van der Waals surface area (Å²) in [7, 11) is 0. The lowest BCUT2D eigenvalue weighted by Crippen LogP contribution is -2.15. The summed E-state index contributed by atoms with van der Waals surface area (Å²) in [6.45, 7) is 0. The van der Waals surface area contributed by atoms with Gasteiger partial charge in [0.2, 0.25) is 0 Å². The Kier molecular flexibility index (Phi) is 3.38. The minimum absolute atomic E-state index is 0.193. The predicted molar refractivity (Wildman–Crippen MR) is 49.9 cm³/mol. The maximum atomic E-state index is 12.3. The number of rotatable bonds is 2. The number of alkyl halides is 2. The molecule has 0 atom stereocenters. The van der Waals surface area contributed by atoms with E-state index < -0.39 is 22.8 Å². The smallest absolute Gasteiger partial charge is 0.270 e. The molecule has 0 saturated carbocycles. The van der Waals surface area contributed by atoms with Crippen LogP contribution >= 0.6 is 27.5 Å². The molecule has 0 aliphatic rings. The molecule has 3 nitrogen and oxygen atoms in total. The second-order valence-corrected chi connectivity index (χ2v) is 3.47. The summed E-state index contributed by atoms with van der Waals surface area (Å²) in [6, 6.07) is 0. The molecule has 0 fully saturated rings. The van der Waals surface area contributed by atoms with Gasteiger partial charge in [-0.3, -0.25) is 9.59 Å². The van der Waals surface area contributed by atoms with Crippen molar-refractivity contribution in [2.75, 3.05) is 0 Å². The molecule has 0 aromatic carbocycles. The van der Waals surface area contributed by atoms with E-state index in [1.54, 1.807) is 0 Å². The third-order valence-corrected chi connectivity index (χ3v) is 2.55. The maximum Gasteiger partial charge on any atom is 0.270 e. The Morgan fingerprint density at radius 2 is 2.14 bits per heavy atom. The average molecular weight is 286 g/mol. The van der Waals surface area contributed by atoms with Crippen LogP contribution in [0.25, 0.3) is 0 Å². The van der Waals surface area contributed by atoms with Gasteiger partial charge < -0.3 is 4.98 Å². The van der Waals surface area contributed by atoms with Crippen LogP contribution in [0, 0.1) is 0 Å². The van der Waals surface area contributed by atoms with Gasteiger partial charge >= 0.3 is 0 Å². The fourth-order valence-corrected chi connectivity index (χ4v) is 1.77. The fourth-order valence-electron chi connectivity index (χ4n) is 0.862. The van der Waals surface area contributed by atoms with Crippen molar-refractivity contribution in [3.8, 4) is 0 Å². The van der Waals surface area contributed by atoms with Gasteiger partial charge in [0.15, 0.2) is 0 Å². The van der Waals surface area contributed by atoms with Gasteiger partial charge in [0, 0.05) is 10.7 Å². The number of hydrogen-bond acceptors (Lipinski definition) is 2. The third-order valence-electron chi connectivity index (χ3n) is 1.50. The first-order valence-electron chi connectivity index (χ1n) is 3.34. The van der Waals surface area contributed by atoms with E-state index in [1.807, 2.05) is 4.98 Å². The second kappa shape index (κ2) is 4.18. The summed E-state index contributed by atoms with van der Waals surface area (Å²) >= 11 is 7.83. The lowest BCUT2D eigenvalue weighted by Gasteiger charge is -2.04. The Bertz CT molecular complexity index is 432. The molecule has 0 spiro atoms. The zero-order valence-corrected chi connectivity index (χ0v) is 8.82. The Labute approximate surface area is 90.2 Å². The Hall–Kier alpha value is -0.750. The number of halogens is 4. The standard InChI is InChI=1S/C7H3BrClF2NO2/c8-4-2(5(9)13)1-12-7(14)3(4)6(10)11/h1,6H,(H,12,14). The number of carbonyl (C=O) groups is 1. The van der Waals surface area contributed by atoms with Crippen LogP contribution in [0.5, 0.6) is 0 Å². The van der Waals surface area contributed by atoms with Crippen LogP contribution in [0.2, 0.25) is 0 Å². The Morgan fingerprint density at radius 1 is 1.57 bits per heavy atom. The first-order valence-corrected chi connectivity index (χ1v) is 4.51. The van der Waals surface area contributed by atoms with Gasteiger partial charge in [0.25, 0.3) is 17.2 Å². The number of nitrogens with one attached hydrogen (secondary N) is 1. The highest BCUT2D eigenvalue weighted by molar-refractivity contribution is 9.10. The van der Waals surface area contributed by atoms with Gasteiger partial charge in [-0.1, -0.05) is 0 Å². The molecule has 0 bridgehead atoms. The van der Waals surface area contributed by atoms with Gasteiger partial charge in [-0.25, -0.2) is 8.78 Å². The first kappa shape index (κ1) is 11.3. The summed E-state index contributed by atoms with van der Waals surface area (Å²) in [6.07, 6.45) is -1.99. The van der Waals surface area contributed by atoms with E-state index in [0.717, 1.165) is 6.20 Å². The Morgan fingerprint density at radius 3 is 2.57 bits per heavy atom. The second-order valence-electron chi connectivity index (χ2n) is 2.33. The molecule has 0 aliphatic heterocycles. The Balaban J connectivity index is 3.49. The molecule has 14 heavy (non-hydrogen) atoms. The van der Waals surface area contributed by atoms with Crippen LogP contribution in [-0.4, -0.2) is 10.2 Å². The lowest BCUT2D eigenvalue weighted by molar-refractivity contribution is 0.107. The monoisotopic (exact) mass is 285 g/mol. The molecule has 7 heteroatoms. The quantitative estimate of drug-likeness (QED) is 0.849. The number of H-pyrrole nitrogens is 1. The van der Waals surface area contributed by atoms with Gasteiger partial charge in [-0.05, 0) is 27.5 Å². The topological polar surface area (TPSA) is 49.9 Å². The summed E-state index contributed by atoms with van der Waals surface area (Å²) in [5.74, 6) is 0. The lowest BCUT2D eigenvalue weighted by atomic mass is 10.2. The molecule has 1 aromatic heterocycles. The van der Waals surface area contributed by atoms with Gasteiger partial charge in [-0.15, -0.1) is 0 Å². The van der Waals surface area contributed by atoms with Crippen LogP contribution in [-0.2, 0) is 0 Å². The van der Waals surface area contributed by atoms with Crippen LogP contribution in [0.15, 0.2) is 15.5 Å². The van der Waals surface area contributed by atoms with Crippen molar-refractivity contribution in [2.45, 2.75) is 6.43 Å². The SMILES string of the molecule is O=C(Cl)c1c[nH]c(=O)c(C(F)F)c1Br. The van der Waals surface area contributed by atoms with Crippen molar-refractivity contribution < 1.29 is 13.6 Å². The van der Waals surface area contributed by atoms with Gasteiger partial charge in [0.1, 0.15) is 0 Å². The van der Waals surface area contributed by atoms with Crippen molar-refractivity contribution in [3.63, 3.8) is 0 Å². The number of carbonyl (C=O) groups excluding carboxylic acids is 1. The van der Waals surface area contributed by atoms with E-state index in [9.17, 15) is 18.4 Å². The highest BCUT2D eigenvalue weighted by Gasteiger charge is 2.21. The molecule has 0 unspecified atom stereocenters. The van der Waals surface area contributed by atoms with Crippen molar-refractivity contribution in [1.29, 1.82) is 0 Å². The summed E-state index contributed by atoms with van der Waals surface area (Å²) in [5.41, 5.74) is -1.94. The molecular formula is C7H3BrClF2NO2. The number of aromatic nitrogens is 1. The number of pyridine rings is 1. The molecule has 1 aromatic rings. The molecule has 0 saturated heterocycles.